The Morgan fingerprint density at radius 3 is 2.59 bits per heavy atom. The third-order valence-electron chi connectivity index (χ3n) is 2.91. The second-order valence-electron chi connectivity index (χ2n) is 4.46. The van der Waals surface area contributed by atoms with Gasteiger partial charge in [0.15, 0.2) is 0 Å². The fourth-order valence-electron chi connectivity index (χ4n) is 1.89. The van der Waals surface area contributed by atoms with Gasteiger partial charge in [0.1, 0.15) is 5.82 Å². The summed E-state index contributed by atoms with van der Waals surface area (Å²) in [5.74, 6) is 1.09. The first kappa shape index (κ1) is 11.9. The minimum absolute atomic E-state index is 0.654. The van der Waals surface area contributed by atoms with Crippen LogP contribution in [0.1, 0.15) is 22.6 Å². The Kier molecular flexibility index (Phi) is 3.59. The molecule has 0 fully saturated rings. The summed E-state index contributed by atoms with van der Waals surface area (Å²) in [6, 6.07) is 8.59. The van der Waals surface area contributed by atoms with Gasteiger partial charge in [-0.1, -0.05) is 29.8 Å². The van der Waals surface area contributed by atoms with E-state index in [0.29, 0.717) is 6.54 Å². The summed E-state index contributed by atoms with van der Waals surface area (Å²) in [6.45, 7) is 2.75. The van der Waals surface area contributed by atoms with Gasteiger partial charge in [-0.05, 0) is 19.0 Å². The normalized spacial score (nSPS) is 10.8. The van der Waals surface area contributed by atoms with Gasteiger partial charge in [-0.2, -0.15) is 0 Å². The number of hydrogen-bond acceptors (Lipinski definition) is 2. The highest BCUT2D eigenvalue weighted by Crippen LogP contribution is 2.10. The molecule has 90 valence electrons. The maximum atomic E-state index is 5.54. The summed E-state index contributed by atoms with van der Waals surface area (Å²) < 4.78 is 2.09. The molecule has 2 aromatic rings. The van der Waals surface area contributed by atoms with E-state index in [-0.39, 0.29) is 0 Å². The number of nitrogens with zero attached hydrogens (tertiary/aromatic N) is 2. The summed E-state index contributed by atoms with van der Waals surface area (Å²) in [5.41, 5.74) is 9.20. The van der Waals surface area contributed by atoms with Gasteiger partial charge < -0.3 is 10.3 Å². The minimum atomic E-state index is 0.654. The van der Waals surface area contributed by atoms with Crippen molar-refractivity contribution in [3.05, 3.63) is 53.1 Å². The summed E-state index contributed by atoms with van der Waals surface area (Å²) in [4.78, 5) is 4.60. The molecule has 0 unspecified atom stereocenters. The zero-order valence-corrected chi connectivity index (χ0v) is 10.5. The predicted molar refractivity (Wildman–Crippen MR) is 70.0 cm³/mol. The highest BCUT2D eigenvalue weighted by atomic mass is 15.0. The lowest BCUT2D eigenvalue weighted by atomic mass is 10.1. The van der Waals surface area contributed by atoms with Crippen LogP contribution >= 0.6 is 0 Å². The number of imidazole rings is 1. The number of aryl methyl sites for hydroxylation is 2. The fraction of sp³-hybridized carbons (Fsp3) is 0.357. The molecule has 0 radical (unpaired) electrons. The molecule has 0 bridgehead atoms. The van der Waals surface area contributed by atoms with E-state index in [9.17, 15) is 0 Å². The summed E-state index contributed by atoms with van der Waals surface area (Å²) in [5, 5.41) is 0. The number of rotatable bonds is 4. The van der Waals surface area contributed by atoms with Crippen molar-refractivity contribution < 1.29 is 0 Å². The van der Waals surface area contributed by atoms with Crippen LogP contribution in [0.4, 0.5) is 0 Å². The van der Waals surface area contributed by atoms with E-state index in [1.54, 1.807) is 0 Å². The highest BCUT2D eigenvalue weighted by molar-refractivity contribution is 5.24. The van der Waals surface area contributed by atoms with Crippen LogP contribution in [0.25, 0.3) is 0 Å². The monoisotopic (exact) mass is 229 g/mol. The first-order valence-corrected chi connectivity index (χ1v) is 5.96. The second kappa shape index (κ2) is 5.15. The van der Waals surface area contributed by atoms with Crippen molar-refractivity contribution in [2.45, 2.75) is 19.8 Å². The zero-order chi connectivity index (χ0) is 12.3. The molecule has 0 saturated carbocycles. The molecule has 1 aromatic heterocycles. The van der Waals surface area contributed by atoms with Crippen molar-refractivity contribution in [3.63, 3.8) is 0 Å². The van der Waals surface area contributed by atoms with Gasteiger partial charge in [-0.25, -0.2) is 4.98 Å². The third-order valence-corrected chi connectivity index (χ3v) is 2.91. The van der Waals surface area contributed by atoms with Crippen LogP contribution in [-0.4, -0.2) is 16.1 Å². The molecule has 0 spiro atoms. The Hall–Kier alpha value is -1.61. The molecule has 1 heterocycles. The van der Waals surface area contributed by atoms with Crippen LogP contribution in [-0.2, 0) is 19.9 Å². The number of aromatic nitrogens is 2. The molecule has 0 atom stereocenters. The van der Waals surface area contributed by atoms with Crippen LogP contribution in [0.3, 0.4) is 0 Å². The van der Waals surface area contributed by atoms with E-state index in [4.69, 9.17) is 5.73 Å². The zero-order valence-electron chi connectivity index (χ0n) is 10.5. The van der Waals surface area contributed by atoms with Gasteiger partial charge in [0.25, 0.3) is 0 Å². The maximum Gasteiger partial charge on any atom is 0.113 e. The van der Waals surface area contributed by atoms with E-state index in [1.165, 1.54) is 11.1 Å². The molecule has 17 heavy (non-hydrogen) atoms. The largest absolute Gasteiger partial charge is 0.337 e. The lowest BCUT2D eigenvalue weighted by molar-refractivity contribution is 0.821. The van der Waals surface area contributed by atoms with Crippen molar-refractivity contribution >= 4 is 0 Å². The molecule has 0 saturated heterocycles. The van der Waals surface area contributed by atoms with Crippen molar-refractivity contribution in [1.29, 1.82) is 0 Å². The van der Waals surface area contributed by atoms with Gasteiger partial charge in [0.05, 0.1) is 5.69 Å². The quantitative estimate of drug-likeness (QED) is 0.869. The standard InChI is InChI=1S/C14H19N3/c1-11-3-5-12(6-4-11)9-14-16-13(7-8-15)10-17(14)2/h3-6,10H,7-9,15H2,1-2H3. The third kappa shape index (κ3) is 2.94. The highest BCUT2D eigenvalue weighted by Gasteiger charge is 2.05. The Labute approximate surface area is 102 Å². The average Bonchev–Trinajstić information content (AvgIpc) is 2.63. The molecule has 2 N–H and O–H groups in total. The van der Waals surface area contributed by atoms with E-state index in [0.717, 1.165) is 24.4 Å². The van der Waals surface area contributed by atoms with E-state index >= 15 is 0 Å². The van der Waals surface area contributed by atoms with E-state index in [1.807, 2.05) is 7.05 Å². The van der Waals surface area contributed by atoms with E-state index < -0.39 is 0 Å². The first-order valence-electron chi connectivity index (χ1n) is 5.96. The van der Waals surface area contributed by atoms with Crippen molar-refractivity contribution in [3.8, 4) is 0 Å². The van der Waals surface area contributed by atoms with E-state index in [2.05, 4.69) is 46.9 Å². The number of benzene rings is 1. The molecule has 0 aliphatic rings. The SMILES string of the molecule is Cc1ccc(Cc2nc(CCN)cn2C)cc1. The molecule has 3 heteroatoms. The molecule has 0 aliphatic carbocycles. The predicted octanol–water partition coefficient (Wildman–Crippen LogP) is 1.82. The molecule has 3 nitrogen and oxygen atoms in total. The molecular formula is C14H19N3. The Bertz CT molecular complexity index is 483. The maximum absolute atomic E-state index is 5.54. The summed E-state index contributed by atoms with van der Waals surface area (Å²) in [6.07, 6.45) is 3.79. The molecular weight excluding hydrogens is 210 g/mol. The van der Waals surface area contributed by atoms with Gasteiger partial charge in [0, 0.05) is 26.1 Å². The van der Waals surface area contributed by atoms with Crippen LogP contribution in [0.15, 0.2) is 30.5 Å². The minimum Gasteiger partial charge on any atom is -0.337 e. The van der Waals surface area contributed by atoms with Crippen LogP contribution in [0.5, 0.6) is 0 Å². The van der Waals surface area contributed by atoms with Crippen LogP contribution in [0, 0.1) is 6.92 Å². The fourth-order valence-corrected chi connectivity index (χ4v) is 1.89. The molecule has 2 rings (SSSR count). The van der Waals surface area contributed by atoms with Gasteiger partial charge in [-0.15, -0.1) is 0 Å². The van der Waals surface area contributed by atoms with Gasteiger partial charge >= 0.3 is 0 Å². The smallest absolute Gasteiger partial charge is 0.113 e. The topological polar surface area (TPSA) is 43.8 Å². The lowest BCUT2D eigenvalue weighted by Gasteiger charge is -2.02. The number of hydrogen-bond donors (Lipinski definition) is 1. The van der Waals surface area contributed by atoms with Crippen molar-refractivity contribution in [1.82, 2.24) is 9.55 Å². The van der Waals surface area contributed by atoms with Gasteiger partial charge in [-0.3, -0.25) is 0 Å². The summed E-state index contributed by atoms with van der Waals surface area (Å²) >= 11 is 0. The van der Waals surface area contributed by atoms with Crippen LogP contribution in [0.2, 0.25) is 0 Å². The number of nitrogens with two attached hydrogens (primary N) is 1. The Morgan fingerprint density at radius 1 is 1.24 bits per heavy atom. The van der Waals surface area contributed by atoms with Crippen LogP contribution < -0.4 is 5.73 Å². The Morgan fingerprint density at radius 2 is 1.94 bits per heavy atom. The molecule has 0 amide bonds. The Balaban J connectivity index is 2.15. The molecule has 0 aliphatic heterocycles. The second-order valence-corrected chi connectivity index (χ2v) is 4.46. The lowest BCUT2D eigenvalue weighted by Crippen LogP contribution is -2.02. The van der Waals surface area contributed by atoms with Crippen molar-refractivity contribution in [2.24, 2.45) is 12.8 Å². The molecule has 1 aromatic carbocycles. The van der Waals surface area contributed by atoms with Gasteiger partial charge in [0.2, 0.25) is 0 Å². The van der Waals surface area contributed by atoms with Crippen molar-refractivity contribution in [2.75, 3.05) is 6.54 Å². The first-order chi connectivity index (χ1) is 8.19. The average molecular weight is 229 g/mol. The summed E-state index contributed by atoms with van der Waals surface area (Å²) in [7, 11) is 2.04.